The summed E-state index contributed by atoms with van der Waals surface area (Å²) in [6, 6.07) is 19.3. The van der Waals surface area contributed by atoms with Crippen molar-refractivity contribution in [3.8, 4) is 11.5 Å². The van der Waals surface area contributed by atoms with Crippen molar-refractivity contribution in [1.82, 2.24) is 5.32 Å². The van der Waals surface area contributed by atoms with Gasteiger partial charge in [-0.15, -0.1) is 0 Å². The van der Waals surface area contributed by atoms with Crippen LogP contribution in [-0.4, -0.2) is 39.8 Å². The van der Waals surface area contributed by atoms with E-state index >= 15 is 0 Å². The molecule has 0 bridgehead atoms. The Morgan fingerprint density at radius 1 is 1.00 bits per heavy atom. The third kappa shape index (κ3) is 7.99. The fraction of sp³-hybridized carbons (Fsp3) is 0.269. The molecular formula is C26H29FN2O5S. The Morgan fingerprint density at radius 3 is 2.31 bits per heavy atom. The maximum atomic E-state index is 12.9. The van der Waals surface area contributed by atoms with Crippen LogP contribution in [0.15, 0.2) is 72.8 Å². The summed E-state index contributed by atoms with van der Waals surface area (Å²) in [7, 11) is -3.56. The number of carbonyl (C=O) groups is 1. The molecule has 9 heteroatoms. The average Bonchev–Trinajstić information content (AvgIpc) is 2.80. The van der Waals surface area contributed by atoms with Gasteiger partial charge in [0.2, 0.25) is 10.0 Å². The summed E-state index contributed by atoms with van der Waals surface area (Å²) < 4.78 is 50.4. The van der Waals surface area contributed by atoms with Crippen molar-refractivity contribution in [3.05, 3.63) is 89.7 Å². The van der Waals surface area contributed by atoms with Crippen LogP contribution in [0.2, 0.25) is 0 Å². The van der Waals surface area contributed by atoms with Gasteiger partial charge in [-0.1, -0.05) is 18.2 Å². The van der Waals surface area contributed by atoms with E-state index in [0.717, 1.165) is 11.8 Å². The van der Waals surface area contributed by atoms with Crippen LogP contribution in [0.3, 0.4) is 0 Å². The van der Waals surface area contributed by atoms with E-state index in [1.807, 2.05) is 13.8 Å². The summed E-state index contributed by atoms with van der Waals surface area (Å²) >= 11 is 0. The monoisotopic (exact) mass is 500 g/mol. The van der Waals surface area contributed by atoms with Gasteiger partial charge in [0.25, 0.3) is 5.91 Å². The van der Waals surface area contributed by atoms with E-state index in [4.69, 9.17) is 9.47 Å². The van der Waals surface area contributed by atoms with Crippen LogP contribution in [0, 0.1) is 5.82 Å². The molecule has 0 saturated heterocycles. The number of nitrogens with zero attached hydrogens (tertiary/aromatic N) is 1. The Labute approximate surface area is 205 Å². The number of rotatable bonds is 11. The van der Waals surface area contributed by atoms with Gasteiger partial charge < -0.3 is 14.8 Å². The smallest absolute Gasteiger partial charge is 0.251 e. The van der Waals surface area contributed by atoms with Gasteiger partial charge in [-0.05, 0) is 67.9 Å². The first-order valence-electron chi connectivity index (χ1n) is 11.1. The maximum Gasteiger partial charge on any atom is 0.251 e. The SMILES string of the molecule is CC(C)Oc1cccc(N(Cc2ccc(C(=O)NCCOc3ccc(F)cc3)cc2)S(C)(=O)=O)c1. The van der Waals surface area contributed by atoms with Crippen LogP contribution in [0.5, 0.6) is 11.5 Å². The van der Waals surface area contributed by atoms with E-state index in [2.05, 4.69) is 5.32 Å². The van der Waals surface area contributed by atoms with Gasteiger partial charge in [0.15, 0.2) is 0 Å². The lowest BCUT2D eigenvalue weighted by Crippen LogP contribution is -2.29. The Morgan fingerprint density at radius 2 is 1.69 bits per heavy atom. The highest BCUT2D eigenvalue weighted by molar-refractivity contribution is 7.92. The predicted molar refractivity (Wildman–Crippen MR) is 134 cm³/mol. The second-order valence-electron chi connectivity index (χ2n) is 8.19. The molecule has 0 aliphatic heterocycles. The zero-order valence-corrected chi connectivity index (χ0v) is 20.7. The Bertz CT molecular complexity index is 1230. The normalized spacial score (nSPS) is 11.2. The summed E-state index contributed by atoms with van der Waals surface area (Å²) in [6.07, 6.45) is 1.11. The van der Waals surface area contributed by atoms with Crippen LogP contribution in [0.1, 0.15) is 29.8 Å². The summed E-state index contributed by atoms with van der Waals surface area (Å²) in [5, 5.41) is 2.75. The van der Waals surface area contributed by atoms with Crippen LogP contribution in [0.25, 0.3) is 0 Å². The molecular weight excluding hydrogens is 471 g/mol. The fourth-order valence-electron chi connectivity index (χ4n) is 3.28. The number of ether oxygens (including phenoxy) is 2. The summed E-state index contributed by atoms with van der Waals surface area (Å²) in [4.78, 5) is 12.4. The lowest BCUT2D eigenvalue weighted by atomic mass is 10.1. The number of carbonyl (C=O) groups excluding carboxylic acids is 1. The van der Waals surface area contributed by atoms with E-state index < -0.39 is 10.0 Å². The van der Waals surface area contributed by atoms with E-state index in [-0.39, 0.29) is 37.5 Å². The van der Waals surface area contributed by atoms with Gasteiger partial charge in [0.05, 0.1) is 31.1 Å². The minimum atomic E-state index is -3.56. The second kappa shape index (κ2) is 11.7. The number of benzene rings is 3. The minimum Gasteiger partial charge on any atom is -0.492 e. The van der Waals surface area contributed by atoms with E-state index in [1.165, 1.54) is 28.6 Å². The second-order valence-corrected chi connectivity index (χ2v) is 10.1. The summed E-state index contributed by atoms with van der Waals surface area (Å²) in [5.41, 5.74) is 1.66. The molecule has 0 aliphatic carbocycles. The summed E-state index contributed by atoms with van der Waals surface area (Å²) in [5.74, 6) is 0.475. The number of sulfonamides is 1. The Kier molecular flexibility index (Phi) is 8.70. The van der Waals surface area contributed by atoms with Gasteiger partial charge in [0.1, 0.15) is 23.9 Å². The molecule has 186 valence electrons. The molecule has 0 aliphatic rings. The molecule has 3 aromatic rings. The molecule has 0 aromatic heterocycles. The lowest BCUT2D eigenvalue weighted by molar-refractivity contribution is 0.0947. The molecule has 0 radical (unpaired) electrons. The number of amides is 1. The van der Waals surface area contributed by atoms with Gasteiger partial charge >= 0.3 is 0 Å². The third-order valence-electron chi connectivity index (χ3n) is 4.89. The molecule has 1 amide bonds. The zero-order chi connectivity index (χ0) is 25.4. The van der Waals surface area contributed by atoms with Crippen molar-refractivity contribution >= 4 is 21.6 Å². The molecule has 0 saturated carbocycles. The fourth-order valence-corrected chi connectivity index (χ4v) is 4.16. The van der Waals surface area contributed by atoms with Crippen LogP contribution < -0.4 is 19.1 Å². The van der Waals surface area contributed by atoms with Crippen LogP contribution in [-0.2, 0) is 16.6 Å². The summed E-state index contributed by atoms with van der Waals surface area (Å²) in [6.45, 7) is 4.42. The largest absolute Gasteiger partial charge is 0.492 e. The Hall–Kier alpha value is -3.59. The molecule has 0 heterocycles. The van der Waals surface area contributed by atoms with Crippen LogP contribution >= 0.6 is 0 Å². The number of hydrogen-bond donors (Lipinski definition) is 1. The van der Waals surface area contributed by atoms with Gasteiger partial charge in [-0.2, -0.15) is 0 Å². The highest BCUT2D eigenvalue weighted by Crippen LogP contribution is 2.26. The number of nitrogens with one attached hydrogen (secondary N) is 1. The first-order chi connectivity index (χ1) is 16.6. The van der Waals surface area contributed by atoms with Crippen molar-refractivity contribution in [2.45, 2.75) is 26.5 Å². The van der Waals surface area contributed by atoms with Gasteiger partial charge in [-0.3, -0.25) is 9.10 Å². The minimum absolute atomic E-state index is 0.0369. The quantitative estimate of drug-likeness (QED) is 0.395. The highest BCUT2D eigenvalue weighted by atomic mass is 32.2. The molecule has 35 heavy (non-hydrogen) atoms. The van der Waals surface area contributed by atoms with Crippen LogP contribution in [0.4, 0.5) is 10.1 Å². The number of halogens is 1. The van der Waals surface area contributed by atoms with E-state index in [1.54, 1.807) is 48.5 Å². The van der Waals surface area contributed by atoms with Crippen molar-refractivity contribution < 1.29 is 27.1 Å². The average molecular weight is 501 g/mol. The number of hydrogen-bond acceptors (Lipinski definition) is 5. The molecule has 7 nitrogen and oxygen atoms in total. The number of anilines is 1. The van der Waals surface area contributed by atoms with Gasteiger partial charge in [0, 0.05) is 11.6 Å². The lowest BCUT2D eigenvalue weighted by Gasteiger charge is -2.23. The molecule has 1 N–H and O–H groups in total. The molecule has 3 aromatic carbocycles. The maximum absolute atomic E-state index is 12.9. The Balaban J connectivity index is 1.60. The predicted octanol–water partition coefficient (Wildman–Crippen LogP) is 4.39. The topological polar surface area (TPSA) is 84.9 Å². The molecule has 0 fully saturated rings. The first-order valence-corrected chi connectivity index (χ1v) is 13.0. The molecule has 3 rings (SSSR count). The van der Waals surface area contributed by atoms with Crippen molar-refractivity contribution in [2.75, 3.05) is 23.7 Å². The van der Waals surface area contributed by atoms with Crippen molar-refractivity contribution in [2.24, 2.45) is 0 Å². The standard InChI is InChI=1S/C26H29FN2O5S/c1-19(2)34-25-6-4-5-23(17-25)29(35(3,31)32)18-20-7-9-21(10-8-20)26(30)28-15-16-33-24-13-11-22(27)12-14-24/h4-14,17,19H,15-16,18H2,1-3H3,(H,28,30). The zero-order valence-electron chi connectivity index (χ0n) is 19.9. The van der Waals surface area contributed by atoms with E-state index in [9.17, 15) is 17.6 Å². The first kappa shape index (κ1) is 26.0. The van der Waals surface area contributed by atoms with Crippen molar-refractivity contribution in [3.63, 3.8) is 0 Å². The van der Waals surface area contributed by atoms with E-state index in [0.29, 0.717) is 22.7 Å². The van der Waals surface area contributed by atoms with Gasteiger partial charge in [-0.25, -0.2) is 12.8 Å². The molecule has 0 unspecified atom stereocenters. The molecule has 0 spiro atoms. The van der Waals surface area contributed by atoms with Crippen molar-refractivity contribution in [1.29, 1.82) is 0 Å². The third-order valence-corrected chi connectivity index (χ3v) is 6.03. The molecule has 0 atom stereocenters. The highest BCUT2D eigenvalue weighted by Gasteiger charge is 2.19.